The molecule has 2 aliphatic rings. The predicted octanol–water partition coefficient (Wildman–Crippen LogP) is 3.71. The molecule has 158 valence electrons. The maximum absolute atomic E-state index is 12.7. The molecule has 6 nitrogen and oxygen atoms in total. The summed E-state index contributed by atoms with van der Waals surface area (Å²) in [6, 6.07) is 3.87. The Labute approximate surface area is 176 Å². The van der Waals surface area contributed by atoms with Gasteiger partial charge in [0.2, 0.25) is 0 Å². The van der Waals surface area contributed by atoms with Crippen LogP contribution in [0.5, 0.6) is 5.75 Å². The molecule has 0 amide bonds. The molecular formula is C22H28ClNO5. The van der Waals surface area contributed by atoms with Gasteiger partial charge in [0.05, 0.1) is 24.3 Å². The first-order valence-electron chi connectivity index (χ1n) is 10.0. The molecule has 1 aromatic carbocycles. The van der Waals surface area contributed by atoms with Crippen molar-refractivity contribution < 1.29 is 23.8 Å². The molecule has 29 heavy (non-hydrogen) atoms. The second-order valence-corrected chi connectivity index (χ2v) is 8.10. The molecule has 0 saturated carbocycles. The van der Waals surface area contributed by atoms with Crippen LogP contribution in [-0.4, -0.2) is 49.6 Å². The smallest absolute Gasteiger partial charge is 0.343 e. The molecule has 1 aromatic rings. The Balaban J connectivity index is 1.98. The van der Waals surface area contributed by atoms with Crippen LogP contribution in [0.1, 0.15) is 44.4 Å². The van der Waals surface area contributed by atoms with E-state index in [1.165, 1.54) is 0 Å². The lowest BCUT2D eigenvalue weighted by molar-refractivity contribution is -0.140. The Bertz CT molecular complexity index is 820. The van der Waals surface area contributed by atoms with Crippen LogP contribution in [0.25, 0.3) is 0 Å². The van der Waals surface area contributed by atoms with Crippen molar-refractivity contribution in [1.29, 1.82) is 0 Å². The maximum Gasteiger partial charge on any atom is 0.343 e. The number of methoxy groups -OCH3 is 1. The van der Waals surface area contributed by atoms with Crippen molar-refractivity contribution in [1.82, 2.24) is 4.90 Å². The molecule has 0 aliphatic carbocycles. The fraction of sp³-hybridized carbons (Fsp3) is 0.545. The van der Waals surface area contributed by atoms with Gasteiger partial charge in [0.25, 0.3) is 0 Å². The van der Waals surface area contributed by atoms with E-state index in [0.29, 0.717) is 29.9 Å². The zero-order valence-electron chi connectivity index (χ0n) is 17.4. The molecule has 0 fully saturated rings. The number of carbonyl (C=O) groups excluding carboxylic acids is 2. The molecular weight excluding hydrogens is 394 g/mol. The number of ether oxygens (including phenoxy) is 3. The molecule has 0 N–H and O–H groups in total. The molecule has 0 saturated heterocycles. The maximum atomic E-state index is 12.7. The van der Waals surface area contributed by atoms with E-state index in [9.17, 15) is 9.59 Å². The molecule has 2 heterocycles. The third kappa shape index (κ3) is 4.43. The second-order valence-electron chi connectivity index (χ2n) is 7.69. The van der Waals surface area contributed by atoms with Crippen molar-refractivity contribution in [2.75, 3.05) is 26.9 Å². The standard InChI is InChI=1S/C22H28ClNO5/c1-5-28-22(26)16-12-24-18(13(2)3)8-14-9-21(29-7-6-27-4)17(23)10-15(14)19(24)11-20(16)25/h9-10,12-13,18-19H,5-8,11H2,1-4H3. The average Bonchev–Trinajstić information content (AvgIpc) is 2.68. The average molecular weight is 422 g/mol. The summed E-state index contributed by atoms with van der Waals surface area (Å²) in [5.41, 5.74) is 2.27. The molecule has 7 heteroatoms. The van der Waals surface area contributed by atoms with E-state index in [0.717, 1.165) is 17.5 Å². The van der Waals surface area contributed by atoms with Crippen molar-refractivity contribution in [3.05, 3.63) is 40.1 Å². The van der Waals surface area contributed by atoms with Gasteiger partial charge in [0.15, 0.2) is 5.78 Å². The van der Waals surface area contributed by atoms with E-state index in [1.54, 1.807) is 20.2 Å². The number of esters is 1. The second kappa shape index (κ2) is 9.18. The highest BCUT2D eigenvalue weighted by Gasteiger charge is 2.41. The lowest BCUT2D eigenvalue weighted by Crippen LogP contribution is -2.47. The number of hydrogen-bond donors (Lipinski definition) is 0. The normalized spacial score (nSPS) is 20.8. The van der Waals surface area contributed by atoms with Crippen molar-refractivity contribution in [3.63, 3.8) is 0 Å². The summed E-state index contributed by atoms with van der Waals surface area (Å²) in [4.78, 5) is 27.1. The van der Waals surface area contributed by atoms with Gasteiger partial charge in [-0.15, -0.1) is 0 Å². The topological polar surface area (TPSA) is 65.1 Å². The summed E-state index contributed by atoms with van der Waals surface area (Å²) >= 11 is 6.47. The highest BCUT2D eigenvalue weighted by Crippen LogP contribution is 2.44. The van der Waals surface area contributed by atoms with Gasteiger partial charge in [-0.05, 0) is 42.5 Å². The number of nitrogens with zero attached hydrogens (tertiary/aromatic N) is 1. The van der Waals surface area contributed by atoms with Gasteiger partial charge < -0.3 is 19.1 Å². The zero-order chi connectivity index (χ0) is 21.1. The van der Waals surface area contributed by atoms with Crippen LogP contribution in [0.3, 0.4) is 0 Å². The summed E-state index contributed by atoms with van der Waals surface area (Å²) in [5, 5.41) is 0.510. The number of rotatable bonds is 7. The highest BCUT2D eigenvalue weighted by molar-refractivity contribution is 6.32. The van der Waals surface area contributed by atoms with Crippen molar-refractivity contribution in [3.8, 4) is 5.75 Å². The van der Waals surface area contributed by atoms with E-state index in [4.69, 9.17) is 25.8 Å². The molecule has 0 radical (unpaired) electrons. The lowest BCUT2D eigenvalue weighted by Gasteiger charge is -2.46. The van der Waals surface area contributed by atoms with Gasteiger partial charge in [-0.3, -0.25) is 4.79 Å². The van der Waals surface area contributed by atoms with Crippen LogP contribution < -0.4 is 4.74 Å². The van der Waals surface area contributed by atoms with Crippen molar-refractivity contribution >= 4 is 23.4 Å². The Morgan fingerprint density at radius 3 is 2.69 bits per heavy atom. The molecule has 2 unspecified atom stereocenters. The minimum absolute atomic E-state index is 0.128. The summed E-state index contributed by atoms with van der Waals surface area (Å²) in [6.45, 7) is 7.16. The number of halogens is 1. The first-order chi connectivity index (χ1) is 13.9. The van der Waals surface area contributed by atoms with Crippen LogP contribution in [0.15, 0.2) is 23.9 Å². The lowest BCUT2D eigenvalue weighted by atomic mass is 9.80. The van der Waals surface area contributed by atoms with E-state index in [2.05, 4.69) is 18.7 Å². The SMILES string of the molecule is CCOC(=O)C1=CN2C(CC1=O)c1cc(Cl)c(OCCOC)cc1CC2C(C)C. The summed E-state index contributed by atoms with van der Waals surface area (Å²) in [6.07, 6.45) is 2.70. The van der Waals surface area contributed by atoms with Gasteiger partial charge in [-0.1, -0.05) is 25.4 Å². The number of benzene rings is 1. The van der Waals surface area contributed by atoms with Crippen LogP contribution in [0, 0.1) is 5.92 Å². The minimum atomic E-state index is -0.552. The molecule has 0 aromatic heterocycles. The van der Waals surface area contributed by atoms with Crippen LogP contribution in [-0.2, 0) is 25.5 Å². The Morgan fingerprint density at radius 2 is 2.03 bits per heavy atom. The molecule has 0 spiro atoms. The van der Waals surface area contributed by atoms with Crippen LogP contribution >= 0.6 is 11.6 Å². The third-order valence-electron chi connectivity index (χ3n) is 5.49. The fourth-order valence-electron chi connectivity index (χ4n) is 4.03. The Morgan fingerprint density at radius 1 is 1.28 bits per heavy atom. The first-order valence-corrected chi connectivity index (χ1v) is 10.4. The Kier molecular flexibility index (Phi) is 6.85. The first kappa shape index (κ1) is 21.7. The quantitative estimate of drug-likeness (QED) is 0.380. The number of fused-ring (bicyclic) bond motifs is 3. The summed E-state index contributed by atoms with van der Waals surface area (Å²) < 4.78 is 15.9. The largest absolute Gasteiger partial charge is 0.490 e. The highest BCUT2D eigenvalue weighted by atomic mass is 35.5. The van der Waals surface area contributed by atoms with Gasteiger partial charge >= 0.3 is 5.97 Å². The summed E-state index contributed by atoms with van der Waals surface area (Å²) in [7, 11) is 1.62. The molecule has 0 bridgehead atoms. The van der Waals surface area contributed by atoms with Gasteiger partial charge in [-0.25, -0.2) is 4.79 Å². The van der Waals surface area contributed by atoms with E-state index in [1.807, 2.05) is 12.1 Å². The van der Waals surface area contributed by atoms with Gasteiger partial charge in [0.1, 0.15) is 17.9 Å². The van der Waals surface area contributed by atoms with E-state index >= 15 is 0 Å². The number of ketones is 1. The third-order valence-corrected chi connectivity index (χ3v) is 5.79. The van der Waals surface area contributed by atoms with Crippen LogP contribution in [0.2, 0.25) is 5.02 Å². The molecule has 3 rings (SSSR count). The monoisotopic (exact) mass is 421 g/mol. The predicted molar refractivity (Wildman–Crippen MR) is 110 cm³/mol. The van der Waals surface area contributed by atoms with Crippen molar-refractivity contribution in [2.24, 2.45) is 5.92 Å². The number of hydrogen-bond acceptors (Lipinski definition) is 6. The minimum Gasteiger partial charge on any atom is -0.490 e. The molecule has 2 aliphatic heterocycles. The number of Topliss-reactive ketones (excluding diaryl/α,β-unsaturated/α-hetero) is 1. The van der Waals surface area contributed by atoms with E-state index < -0.39 is 5.97 Å². The fourth-order valence-corrected chi connectivity index (χ4v) is 4.26. The Hall–Kier alpha value is -2.05. The van der Waals surface area contributed by atoms with Gasteiger partial charge in [-0.2, -0.15) is 0 Å². The van der Waals surface area contributed by atoms with Crippen LogP contribution in [0.4, 0.5) is 0 Å². The van der Waals surface area contributed by atoms with Crippen molar-refractivity contribution in [2.45, 2.75) is 45.7 Å². The van der Waals surface area contributed by atoms with Gasteiger partial charge in [0, 0.05) is 25.8 Å². The zero-order valence-corrected chi connectivity index (χ0v) is 18.1. The molecule has 2 atom stereocenters. The van der Waals surface area contributed by atoms with E-state index in [-0.39, 0.29) is 36.5 Å². The summed E-state index contributed by atoms with van der Waals surface area (Å²) in [5.74, 6) is 0.205. The number of carbonyl (C=O) groups is 2.